The molecule has 1 aliphatic heterocycles. The van der Waals surface area contributed by atoms with Gasteiger partial charge in [0.05, 0.1) is 6.61 Å². The number of nitrogens with zero attached hydrogens (tertiary/aromatic N) is 2. The molecule has 3 nitrogen and oxygen atoms in total. The molecule has 1 heterocycles. The van der Waals surface area contributed by atoms with Gasteiger partial charge in [0.1, 0.15) is 0 Å². The van der Waals surface area contributed by atoms with Crippen LogP contribution in [0.1, 0.15) is 20.3 Å². The highest BCUT2D eigenvalue weighted by molar-refractivity contribution is 4.77. The lowest BCUT2D eigenvalue weighted by Gasteiger charge is -2.28. The molecule has 0 bridgehead atoms. The topological polar surface area (TPSA) is 26.7 Å². The Labute approximate surface area is 87.7 Å². The Morgan fingerprint density at radius 3 is 2.64 bits per heavy atom. The first-order valence-corrected chi connectivity index (χ1v) is 5.67. The fourth-order valence-corrected chi connectivity index (χ4v) is 2.20. The molecule has 0 aliphatic carbocycles. The Bertz CT molecular complexity index is 161. The molecule has 1 aliphatic rings. The number of rotatable bonds is 5. The summed E-state index contributed by atoms with van der Waals surface area (Å²) >= 11 is 0. The van der Waals surface area contributed by atoms with E-state index in [0.717, 1.165) is 19.0 Å². The summed E-state index contributed by atoms with van der Waals surface area (Å²) in [4.78, 5) is 4.77. The minimum atomic E-state index is 0.279. The van der Waals surface area contributed by atoms with E-state index in [2.05, 4.69) is 30.7 Å². The molecule has 3 heteroatoms. The first-order chi connectivity index (χ1) is 6.63. The highest BCUT2D eigenvalue weighted by Gasteiger charge is 2.22. The van der Waals surface area contributed by atoms with Crippen LogP contribution in [0.2, 0.25) is 0 Å². The second-order valence-corrected chi connectivity index (χ2v) is 4.73. The molecule has 1 unspecified atom stereocenters. The van der Waals surface area contributed by atoms with E-state index in [1.54, 1.807) is 0 Å². The first kappa shape index (κ1) is 12.0. The largest absolute Gasteiger partial charge is 0.395 e. The molecule has 1 fully saturated rings. The lowest BCUT2D eigenvalue weighted by atomic mass is 10.1. The van der Waals surface area contributed by atoms with Gasteiger partial charge in [0.25, 0.3) is 0 Å². The lowest BCUT2D eigenvalue weighted by Crippen LogP contribution is -2.38. The smallest absolute Gasteiger partial charge is 0.0558 e. The monoisotopic (exact) mass is 200 g/mol. The zero-order valence-corrected chi connectivity index (χ0v) is 9.74. The van der Waals surface area contributed by atoms with Crippen molar-refractivity contribution in [2.75, 3.05) is 39.8 Å². The van der Waals surface area contributed by atoms with Gasteiger partial charge < -0.3 is 10.0 Å². The second kappa shape index (κ2) is 5.69. The third-order valence-corrected chi connectivity index (χ3v) is 3.10. The van der Waals surface area contributed by atoms with Crippen molar-refractivity contribution in [3.8, 4) is 0 Å². The van der Waals surface area contributed by atoms with Gasteiger partial charge in [0, 0.05) is 25.7 Å². The van der Waals surface area contributed by atoms with Crippen LogP contribution in [0.4, 0.5) is 0 Å². The van der Waals surface area contributed by atoms with Crippen LogP contribution < -0.4 is 0 Å². The predicted molar refractivity (Wildman–Crippen MR) is 59.4 cm³/mol. The van der Waals surface area contributed by atoms with E-state index in [-0.39, 0.29) is 6.61 Å². The van der Waals surface area contributed by atoms with Crippen LogP contribution in [0.15, 0.2) is 0 Å². The molecular weight excluding hydrogens is 176 g/mol. The maximum absolute atomic E-state index is 8.96. The Kier molecular flexibility index (Phi) is 4.85. The summed E-state index contributed by atoms with van der Waals surface area (Å²) < 4.78 is 0. The molecular formula is C11H24N2O. The molecule has 0 aromatic carbocycles. The Morgan fingerprint density at radius 2 is 2.21 bits per heavy atom. The van der Waals surface area contributed by atoms with Gasteiger partial charge in [-0.2, -0.15) is 0 Å². The first-order valence-electron chi connectivity index (χ1n) is 5.67. The van der Waals surface area contributed by atoms with E-state index in [4.69, 9.17) is 5.11 Å². The van der Waals surface area contributed by atoms with E-state index >= 15 is 0 Å². The van der Waals surface area contributed by atoms with Crippen LogP contribution in [0, 0.1) is 5.92 Å². The van der Waals surface area contributed by atoms with Gasteiger partial charge in [-0.05, 0) is 39.8 Å². The summed E-state index contributed by atoms with van der Waals surface area (Å²) in [6, 6.07) is 0.549. The standard InChI is InChI=1S/C11H24N2O/c1-10(2)13(6-7-14)9-11-4-5-12(3)8-11/h10-11,14H,4-9H2,1-3H3. The van der Waals surface area contributed by atoms with Gasteiger partial charge in [-0.25, -0.2) is 0 Å². The van der Waals surface area contributed by atoms with Gasteiger partial charge in [0.2, 0.25) is 0 Å². The minimum absolute atomic E-state index is 0.279. The van der Waals surface area contributed by atoms with Crippen LogP contribution in [0.25, 0.3) is 0 Å². The third-order valence-electron chi connectivity index (χ3n) is 3.10. The summed E-state index contributed by atoms with van der Waals surface area (Å²) in [5.41, 5.74) is 0. The average Bonchev–Trinajstić information content (AvgIpc) is 2.50. The van der Waals surface area contributed by atoms with Crippen molar-refractivity contribution in [1.29, 1.82) is 0 Å². The zero-order valence-electron chi connectivity index (χ0n) is 9.74. The molecule has 0 radical (unpaired) electrons. The molecule has 0 amide bonds. The lowest BCUT2D eigenvalue weighted by molar-refractivity contribution is 0.146. The molecule has 0 aromatic rings. The molecule has 0 aromatic heterocycles. The second-order valence-electron chi connectivity index (χ2n) is 4.73. The molecule has 14 heavy (non-hydrogen) atoms. The van der Waals surface area contributed by atoms with Gasteiger partial charge in [-0.3, -0.25) is 4.90 Å². The fourth-order valence-electron chi connectivity index (χ4n) is 2.20. The van der Waals surface area contributed by atoms with E-state index in [1.807, 2.05) is 0 Å². The minimum Gasteiger partial charge on any atom is -0.395 e. The molecule has 0 saturated carbocycles. The maximum atomic E-state index is 8.96. The van der Waals surface area contributed by atoms with Crippen molar-refractivity contribution in [2.24, 2.45) is 5.92 Å². The Hall–Kier alpha value is -0.120. The average molecular weight is 200 g/mol. The van der Waals surface area contributed by atoms with Crippen molar-refractivity contribution < 1.29 is 5.11 Å². The van der Waals surface area contributed by atoms with Crippen LogP contribution in [0.3, 0.4) is 0 Å². The number of aliphatic hydroxyl groups excluding tert-OH is 1. The van der Waals surface area contributed by atoms with Gasteiger partial charge in [-0.1, -0.05) is 0 Å². The summed E-state index contributed by atoms with van der Waals surface area (Å²) in [5.74, 6) is 0.800. The fraction of sp³-hybridized carbons (Fsp3) is 1.00. The summed E-state index contributed by atoms with van der Waals surface area (Å²) in [7, 11) is 2.19. The Morgan fingerprint density at radius 1 is 1.50 bits per heavy atom. The van der Waals surface area contributed by atoms with Crippen molar-refractivity contribution >= 4 is 0 Å². The van der Waals surface area contributed by atoms with Crippen molar-refractivity contribution in [1.82, 2.24) is 9.80 Å². The number of hydrogen-bond donors (Lipinski definition) is 1. The van der Waals surface area contributed by atoms with Gasteiger partial charge in [0.15, 0.2) is 0 Å². The molecule has 1 atom stereocenters. The van der Waals surface area contributed by atoms with E-state index < -0.39 is 0 Å². The molecule has 1 rings (SSSR count). The normalized spacial score (nSPS) is 24.0. The quantitative estimate of drug-likeness (QED) is 0.705. The van der Waals surface area contributed by atoms with Gasteiger partial charge in [-0.15, -0.1) is 0 Å². The molecule has 1 N–H and O–H groups in total. The third kappa shape index (κ3) is 3.56. The van der Waals surface area contributed by atoms with Crippen molar-refractivity contribution in [3.63, 3.8) is 0 Å². The van der Waals surface area contributed by atoms with Crippen LogP contribution in [0.5, 0.6) is 0 Å². The number of likely N-dealkylation sites (tertiary alicyclic amines) is 1. The molecule has 1 saturated heterocycles. The summed E-state index contributed by atoms with van der Waals surface area (Å²) in [6.45, 7) is 9.09. The van der Waals surface area contributed by atoms with Crippen LogP contribution >= 0.6 is 0 Å². The molecule has 0 spiro atoms. The molecule has 84 valence electrons. The van der Waals surface area contributed by atoms with E-state index in [0.29, 0.717) is 6.04 Å². The van der Waals surface area contributed by atoms with E-state index in [1.165, 1.54) is 19.5 Å². The SMILES string of the molecule is CC(C)N(CCO)CC1CCN(C)C1. The van der Waals surface area contributed by atoms with E-state index in [9.17, 15) is 0 Å². The summed E-state index contributed by atoms with van der Waals surface area (Å²) in [6.07, 6.45) is 1.31. The van der Waals surface area contributed by atoms with Crippen molar-refractivity contribution in [2.45, 2.75) is 26.3 Å². The Balaban J connectivity index is 2.31. The van der Waals surface area contributed by atoms with Crippen LogP contribution in [-0.4, -0.2) is 60.8 Å². The maximum Gasteiger partial charge on any atom is 0.0558 e. The van der Waals surface area contributed by atoms with Crippen molar-refractivity contribution in [3.05, 3.63) is 0 Å². The zero-order chi connectivity index (χ0) is 10.6. The number of hydrogen-bond acceptors (Lipinski definition) is 3. The summed E-state index contributed by atoms with van der Waals surface area (Å²) in [5, 5.41) is 8.96. The predicted octanol–water partition coefficient (Wildman–Crippen LogP) is 0.641. The van der Waals surface area contributed by atoms with Crippen LogP contribution in [-0.2, 0) is 0 Å². The highest BCUT2D eigenvalue weighted by atomic mass is 16.3. The van der Waals surface area contributed by atoms with Gasteiger partial charge >= 0.3 is 0 Å². The number of aliphatic hydroxyl groups is 1. The highest BCUT2D eigenvalue weighted by Crippen LogP contribution is 2.16.